The molecule has 0 bridgehead atoms. The van der Waals surface area contributed by atoms with Crippen LogP contribution in [0, 0.1) is 25.7 Å². The van der Waals surface area contributed by atoms with Crippen LogP contribution in [-0.2, 0) is 28.3 Å². The number of anilines is 5. The number of nitrogens with zero attached hydrogens (tertiary/aromatic N) is 10. The molecule has 0 unspecified atom stereocenters. The quantitative estimate of drug-likeness (QED) is 0.0319. The van der Waals surface area contributed by atoms with Gasteiger partial charge >= 0.3 is 31.5 Å². The average molecular weight is 1590 g/mol. The maximum atomic E-state index is 12.8. The lowest BCUT2D eigenvalue weighted by Crippen LogP contribution is -2.41. The van der Waals surface area contributed by atoms with Gasteiger partial charge in [-0.2, -0.15) is 26.3 Å². The van der Waals surface area contributed by atoms with Crippen LogP contribution in [-0.4, -0.2) is 200 Å². The number of hydrogen-bond acceptors (Lipinski definition) is 19. The van der Waals surface area contributed by atoms with Crippen LogP contribution in [0.2, 0.25) is 10.0 Å². The van der Waals surface area contributed by atoms with Gasteiger partial charge in [0.25, 0.3) is 0 Å². The minimum atomic E-state index is -4.22. The number of carbonyl (C=O) groups excluding carboxylic acids is 4. The van der Waals surface area contributed by atoms with Crippen LogP contribution in [0.25, 0.3) is 33.9 Å². The van der Waals surface area contributed by atoms with Crippen molar-refractivity contribution in [3.63, 3.8) is 0 Å². The molecule has 6 aliphatic rings. The lowest BCUT2D eigenvalue weighted by atomic mass is 9.76. The third-order valence-corrected chi connectivity index (χ3v) is 20.3. The largest absolute Gasteiger partial charge is 0.495 e. The number of nitrogens with one attached hydrogen (secondary N) is 2. The maximum absolute atomic E-state index is 12.8. The maximum Gasteiger partial charge on any atom is 0.495 e. The Morgan fingerprint density at radius 2 is 1.03 bits per heavy atom. The predicted molar refractivity (Wildman–Crippen MR) is 398 cm³/mol. The topological polar surface area (TPSA) is 245 Å². The Morgan fingerprint density at radius 3 is 1.47 bits per heavy atom. The van der Waals surface area contributed by atoms with Gasteiger partial charge in [-0.3, -0.25) is 9.59 Å². The summed E-state index contributed by atoms with van der Waals surface area (Å²) >= 11 is 18.4. The molecule has 13 rings (SSSR count). The van der Waals surface area contributed by atoms with Crippen LogP contribution < -0.4 is 36.5 Å². The van der Waals surface area contributed by atoms with Gasteiger partial charge in [-0.1, -0.05) is 56.8 Å². The first-order valence-electron chi connectivity index (χ1n) is 33.7. The number of thiazole rings is 2. The smallest absolute Gasteiger partial charge is 0.399 e. The van der Waals surface area contributed by atoms with Crippen molar-refractivity contribution in [3.8, 4) is 33.9 Å². The number of aryl methyl sites for hydroxylation is 2. The average Bonchev–Trinajstić information content (AvgIpc) is 1.52. The summed E-state index contributed by atoms with van der Waals surface area (Å²) in [6.45, 7) is 21.5. The Morgan fingerprint density at radius 1 is 0.606 bits per heavy atom. The van der Waals surface area contributed by atoms with Crippen molar-refractivity contribution in [2.24, 2.45) is 17.6 Å². The van der Waals surface area contributed by atoms with Crippen molar-refractivity contribution < 1.29 is 69.0 Å². The van der Waals surface area contributed by atoms with Crippen LogP contribution in [0.4, 0.5) is 64.8 Å². The number of nitrogens with two attached hydrogens (primary N) is 1. The molecule has 560 valence electrons. The predicted octanol–water partition coefficient (Wildman–Crippen LogP) is 13.9. The van der Waals surface area contributed by atoms with Crippen LogP contribution in [0.3, 0.4) is 0 Å². The fourth-order valence-corrected chi connectivity index (χ4v) is 13.8. The second-order valence-electron chi connectivity index (χ2n) is 26.3. The first-order chi connectivity index (χ1) is 49.5. The van der Waals surface area contributed by atoms with Gasteiger partial charge in [0.1, 0.15) is 23.1 Å². The number of likely N-dealkylation sites (tertiary alicyclic amines) is 2. The Hall–Kier alpha value is -7.27. The number of aromatic nitrogens is 5. The van der Waals surface area contributed by atoms with Gasteiger partial charge in [-0.15, -0.1) is 22.7 Å². The van der Waals surface area contributed by atoms with Crippen LogP contribution in [0.1, 0.15) is 75.0 Å². The normalized spacial score (nSPS) is 18.6. The third-order valence-electron chi connectivity index (χ3n) is 18.2. The van der Waals surface area contributed by atoms with E-state index in [0.29, 0.717) is 79.5 Å². The minimum Gasteiger partial charge on any atom is -0.399 e. The molecule has 2 atom stereocenters. The molecule has 6 fully saturated rings. The van der Waals surface area contributed by atoms with Crippen LogP contribution >= 0.6 is 61.8 Å². The fourth-order valence-electron chi connectivity index (χ4n) is 12.0. The summed E-state index contributed by atoms with van der Waals surface area (Å²) in [6, 6.07) is 21.5. The first kappa shape index (κ1) is 80.8. The summed E-state index contributed by atoms with van der Waals surface area (Å²) in [5.74, 6) is 1.31. The highest BCUT2D eigenvalue weighted by Gasteiger charge is 2.52. The molecule has 0 aliphatic carbocycles. The molecule has 22 nitrogen and oxygen atoms in total. The molecule has 0 spiro atoms. The zero-order valence-electron chi connectivity index (χ0n) is 58.3. The number of Topliss-reactive ketones (excluding diaryl/α,β-unsaturated/α-hetero) is 1. The number of primary amides is 1. The number of pyridine rings is 3. The number of amides is 5. The molecular formula is C70H83BBrCl2F6N13O9S2. The molecule has 0 radical (unpaired) electrons. The van der Waals surface area contributed by atoms with E-state index in [0.717, 1.165) is 120 Å². The second-order valence-corrected chi connectivity index (χ2v) is 29.2. The highest BCUT2D eigenvalue weighted by atomic mass is 79.9. The zero-order valence-corrected chi connectivity index (χ0v) is 63.1. The lowest BCUT2D eigenvalue weighted by molar-refractivity contribution is -0.144. The number of ketones is 1. The van der Waals surface area contributed by atoms with Gasteiger partial charge in [0.05, 0.1) is 90.0 Å². The molecule has 7 aromatic rings. The van der Waals surface area contributed by atoms with Crippen molar-refractivity contribution in [2.75, 3.05) is 136 Å². The second kappa shape index (κ2) is 36.8. The number of ether oxygens (including phenoxy) is 3. The number of halogens is 9. The number of urea groups is 2. The van der Waals surface area contributed by atoms with E-state index in [2.05, 4.69) is 66.9 Å². The van der Waals surface area contributed by atoms with E-state index < -0.39 is 61.4 Å². The highest BCUT2D eigenvalue weighted by molar-refractivity contribution is 9.09. The lowest BCUT2D eigenvalue weighted by Gasteiger charge is -2.32. The van der Waals surface area contributed by atoms with Crippen molar-refractivity contribution in [1.82, 2.24) is 34.7 Å². The Kier molecular flexibility index (Phi) is 28.6. The monoisotopic (exact) mass is 1590 g/mol. The number of morpholine rings is 3. The van der Waals surface area contributed by atoms with E-state index in [9.17, 15) is 40.7 Å². The molecule has 6 aliphatic heterocycles. The summed E-state index contributed by atoms with van der Waals surface area (Å²) in [6.07, 6.45) is -9.17. The molecule has 5 amide bonds. The zero-order chi connectivity index (χ0) is 74.9. The van der Waals surface area contributed by atoms with Gasteiger partial charge in [-0.25, -0.2) is 34.5 Å². The van der Waals surface area contributed by atoms with Crippen LogP contribution in [0.15, 0.2) is 94.6 Å². The van der Waals surface area contributed by atoms with E-state index in [1.165, 1.54) is 21.1 Å². The van der Waals surface area contributed by atoms with Gasteiger partial charge in [0.2, 0.25) is 6.41 Å². The van der Waals surface area contributed by atoms with E-state index in [1.807, 2.05) is 101 Å². The summed E-state index contributed by atoms with van der Waals surface area (Å²) in [5, 5.41) is 11.1. The van der Waals surface area contributed by atoms with Crippen molar-refractivity contribution >= 4 is 127 Å². The molecule has 11 heterocycles. The van der Waals surface area contributed by atoms with E-state index in [4.69, 9.17) is 56.5 Å². The highest BCUT2D eigenvalue weighted by Crippen LogP contribution is 2.39. The molecule has 2 aromatic carbocycles. The first-order valence-corrected chi connectivity index (χ1v) is 37.4. The van der Waals surface area contributed by atoms with Gasteiger partial charge in [0, 0.05) is 110 Å². The summed E-state index contributed by atoms with van der Waals surface area (Å²) < 4.78 is 104. The van der Waals surface area contributed by atoms with E-state index in [-0.39, 0.29) is 36.6 Å². The summed E-state index contributed by atoms with van der Waals surface area (Å²) in [4.78, 5) is 77.4. The standard InChI is InChI=1S/C26H28F3N5O2S.C20H28BF3N2O3.C12H12ClN3OS.C11H12BrClN2O2.CH3NO/c1-17-2-3-20(31-25(35)34-5-4-18(14-34)13-26(27,28)29)12-21(17)19-10-22(23-15-37-16-30-23)32-24(11-19)33-6-8-36-9-7-33;1-13-6-7-15(10-16(13)21-28-18(2,3)19(4,5)29-21)25-17(27)26-9-8-14(12-26)11-20(22,23)24;13-9-5-10(11-7-18-8-14-11)15-12(6-9)16-1-3-17-4-2-16;12-7-10(16)9-5-8(13)6-11(14-9)15-1-3-17-4-2-15;2-1-3/h2-3,10-12,15-16,18H,4-9,13-14H2,1H3,(H,31,35);6-7,10,14H,8-9,11-12H2,1-5H3,(H,25,27);5-8H,1-4H2;5-6H,1-4,7H2;1H,(H2,2,3)/t18-;14-;;;/m00.../s1. The summed E-state index contributed by atoms with van der Waals surface area (Å²) in [5.41, 5.74) is 16.3. The number of rotatable bonds is 13. The van der Waals surface area contributed by atoms with Crippen molar-refractivity contribution in [2.45, 2.75) is 90.8 Å². The third kappa shape index (κ3) is 23.1. The molecule has 34 heteroatoms. The molecule has 6 saturated heterocycles. The van der Waals surface area contributed by atoms with Gasteiger partial charge in [0.15, 0.2) is 5.78 Å². The summed E-state index contributed by atoms with van der Waals surface area (Å²) in [7, 11) is -0.556. The molecule has 5 aromatic heterocycles. The number of alkyl halides is 7. The van der Waals surface area contributed by atoms with Gasteiger partial charge < -0.3 is 64.4 Å². The number of hydrogen-bond donors (Lipinski definition) is 3. The van der Waals surface area contributed by atoms with Crippen LogP contribution in [0.5, 0.6) is 0 Å². The van der Waals surface area contributed by atoms with E-state index in [1.54, 1.807) is 46.6 Å². The van der Waals surface area contributed by atoms with E-state index >= 15 is 0 Å². The van der Waals surface area contributed by atoms with Gasteiger partial charge in [-0.05, 0) is 149 Å². The fraction of sp³-hybridized carbons (Fsp3) is 0.471. The Bertz CT molecular complexity index is 4000. The van der Waals surface area contributed by atoms with Crippen molar-refractivity contribution in [3.05, 3.63) is 121 Å². The SMILES string of the molecule is Cc1ccc(NC(=O)N2CC[C@@H](CC(F)(F)F)C2)cc1-c1cc(-c2cscn2)nc(N2CCOCC2)c1.Cc1ccc(NC(=O)N2CC[C@@H](CC(F)(F)F)C2)cc1B1OC(C)(C)C(C)(C)O1.Clc1cc(-c2cscn2)nc(N2CCOCC2)c1.NC=O.O=C(CBr)c1cc(Cl)cc(N2CCOCC2)n1. The van der Waals surface area contributed by atoms with Crippen molar-refractivity contribution in [1.29, 1.82) is 0 Å². The minimum absolute atomic E-state index is 0.0676. The molecule has 0 saturated carbocycles. The Balaban J connectivity index is 0.000000166. The number of benzene rings is 2. The molecule has 104 heavy (non-hydrogen) atoms. The molecule has 4 N–H and O–H groups in total. The Labute approximate surface area is 626 Å². The number of carbonyl (C=O) groups is 4. The molecular weight excluding hydrogens is 1510 g/mol.